The first-order valence-corrected chi connectivity index (χ1v) is 5.82. The fourth-order valence-corrected chi connectivity index (χ4v) is 2.32. The first-order chi connectivity index (χ1) is 7.20. The van der Waals surface area contributed by atoms with Gasteiger partial charge in [0.25, 0.3) is 0 Å². The summed E-state index contributed by atoms with van der Waals surface area (Å²) >= 11 is 4.57. The van der Waals surface area contributed by atoms with Gasteiger partial charge in [0.1, 0.15) is 10.8 Å². The largest absolute Gasteiger partial charge is 0.391 e. The number of aromatic nitrogens is 1. The normalized spacial score (nSPS) is 10.6. The third-order valence-corrected chi connectivity index (χ3v) is 3.38. The molecule has 1 heterocycles. The van der Waals surface area contributed by atoms with Crippen LogP contribution in [0.2, 0.25) is 0 Å². The number of aliphatic hydroxyl groups excluding tert-OH is 1. The fraction of sp³-hybridized carbons (Fsp3) is 0.100. The molecule has 0 spiro atoms. The summed E-state index contributed by atoms with van der Waals surface area (Å²) in [5.41, 5.74) is 0.453. The highest BCUT2D eigenvalue weighted by atomic mass is 79.9. The van der Waals surface area contributed by atoms with Crippen LogP contribution in [-0.4, -0.2) is 10.1 Å². The van der Waals surface area contributed by atoms with Crippen molar-refractivity contribution in [2.45, 2.75) is 6.61 Å². The lowest BCUT2D eigenvalue weighted by Gasteiger charge is -1.99. The van der Waals surface area contributed by atoms with Gasteiger partial charge in [0.15, 0.2) is 0 Å². The Morgan fingerprint density at radius 1 is 1.47 bits per heavy atom. The van der Waals surface area contributed by atoms with E-state index >= 15 is 0 Å². The van der Waals surface area contributed by atoms with Crippen molar-refractivity contribution in [1.82, 2.24) is 4.98 Å². The van der Waals surface area contributed by atoms with Gasteiger partial charge in [-0.05, 0) is 18.2 Å². The molecule has 0 amide bonds. The van der Waals surface area contributed by atoms with Crippen LogP contribution in [0.1, 0.15) is 4.88 Å². The molecule has 0 unspecified atom stereocenters. The molecule has 0 saturated heterocycles. The molecule has 0 fully saturated rings. The summed E-state index contributed by atoms with van der Waals surface area (Å²) in [6.45, 7) is -0.0622. The van der Waals surface area contributed by atoms with Gasteiger partial charge in [-0.15, -0.1) is 11.3 Å². The topological polar surface area (TPSA) is 33.1 Å². The summed E-state index contributed by atoms with van der Waals surface area (Å²) in [5.74, 6) is -0.308. The Morgan fingerprint density at radius 2 is 2.27 bits per heavy atom. The van der Waals surface area contributed by atoms with E-state index in [0.717, 1.165) is 9.35 Å². The zero-order valence-electron chi connectivity index (χ0n) is 7.58. The number of thiazole rings is 1. The predicted molar refractivity (Wildman–Crippen MR) is 61.1 cm³/mol. The Balaban J connectivity index is 2.48. The van der Waals surface area contributed by atoms with Crippen molar-refractivity contribution in [1.29, 1.82) is 0 Å². The summed E-state index contributed by atoms with van der Waals surface area (Å²) in [6.07, 6.45) is 1.56. The maximum Gasteiger partial charge on any atom is 0.133 e. The van der Waals surface area contributed by atoms with Gasteiger partial charge in [-0.3, -0.25) is 0 Å². The Kier molecular flexibility index (Phi) is 3.14. The number of halogens is 2. The molecule has 1 aromatic carbocycles. The number of hydrogen-bond donors (Lipinski definition) is 1. The van der Waals surface area contributed by atoms with Crippen LogP contribution in [0.15, 0.2) is 28.9 Å². The summed E-state index contributed by atoms with van der Waals surface area (Å²) in [6, 6.07) is 4.70. The molecule has 78 valence electrons. The van der Waals surface area contributed by atoms with Crippen molar-refractivity contribution < 1.29 is 9.50 Å². The van der Waals surface area contributed by atoms with Crippen LogP contribution in [0.5, 0.6) is 0 Å². The van der Waals surface area contributed by atoms with E-state index in [1.54, 1.807) is 18.3 Å². The SMILES string of the molecule is OCc1cnc(-c2cc(Br)ccc2F)s1. The number of rotatable bonds is 2. The average molecular weight is 288 g/mol. The van der Waals surface area contributed by atoms with E-state index in [9.17, 15) is 4.39 Å². The van der Waals surface area contributed by atoms with E-state index in [2.05, 4.69) is 20.9 Å². The second-order valence-corrected chi connectivity index (χ2v) is 4.94. The molecule has 0 aliphatic carbocycles. The summed E-state index contributed by atoms with van der Waals surface area (Å²) in [4.78, 5) is 4.78. The van der Waals surface area contributed by atoms with Gasteiger partial charge in [0.05, 0.1) is 11.5 Å². The molecule has 2 nitrogen and oxygen atoms in total. The van der Waals surface area contributed by atoms with Gasteiger partial charge in [0.2, 0.25) is 0 Å². The molecule has 1 aromatic heterocycles. The van der Waals surface area contributed by atoms with Gasteiger partial charge in [0, 0.05) is 16.2 Å². The molecule has 0 atom stereocenters. The monoisotopic (exact) mass is 287 g/mol. The van der Waals surface area contributed by atoms with Crippen molar-refractivity contribution in [3.63, 3.8) is 0 Å². The van der Waals surface area contributed by atoms with Crippen molar-refractivity contribution >= 4 is 27.3 Å². The van der Waals surface area contributed by atoms with Gasteiger partial charge < -0.3 is 5.11 Å². The quantitative estimate of drug-likeness (QED) is 0.920. The van der Waals surface area contributed by atoms with E-state index in [-0.39, 0.29) is 12.4 Å². The van der Waals surface area contributed by atoms with Crippen LogP contribution in [0, 0.1) is 5.82 Å². The van der Waals surface area contributed by atoms with Crippen LogP contribution in [0.3, 0.4) is 0 Å². The first kappa shape index (κ1) is 10.7. The van der Waals surface area contributed by atoms with Crippen molar-refractivity contribution in [2.24, 2.45) is 0 Å². The molecule has 2 aromatic rings. The number of hydrogen-bond acceptors (Lipinski definition) is 3. The minimum absolute atomic E-state index is 0.0622. The molecule has 0 aliphatic rings. The second kappa shape index (κ2) is 4.38. The molecule has 0 aliphatic heterocycles. The van der Waals surface area contributed by atoms with E-state index in [1.807, 2.05) is 0 Å². The molecule has 15 heavy (non-hydrogen) atoms. The molecule has 0 bridgehead atoms. The Labute approximate surface area is 98.5 Å². The van der Waals surface area contributed by atoms with Crippen LogP contribution < -0.4 is 0 Å². The highest BCUT2D eigenvalue weighted by Crippen LogP contribution is 2.29. The van der Waals surface area contributed by atoms with Crippen molar-refractivity contribution in [3.05, 3.63) is 39.6 Å². The van der Waals surface area contributed by atoms with E-state index < -0.39 is 0 Å². The smallest absolute Gasteiger partial charge is 0.133 e. The summed E-state index contributed by atoms with van der Waals surface area (Å²) in [7, 11) is 0. The van der Waals surface area contributed by atoms with Crippen LogP contribution >= 0.6 is 27.3 Å². The number of aliphatic hydroxyl groups is 1. The molecule has 0 radical (unpaired) electrons. The lowest BCUT2D eigenvalue weighted by atomic mass is 10.2. The minimum Gasteiger partial charge on any atom is -0.391 e. The van der Waals surface area contributed by atoms with Gasteiger partial charge in [-0.25, -0.2) is 9.37 Å². The highest BCUT2D eigenvalue weighted by molar-refractivity contribution is 9.10. The van der Waals surface area contributed by atoms with Crippen LogP contribution in [0.25, 0.3) is 10.6 Å². The molecule has 5 heteroatoms. The van der Waals surface area contributed by atoms with Crippen LogP contribution in [-0.2, 0) is 6.61 Å². The highest BCUT2D eigenvalue weighted by Gasteiger charge is 2.09. The van der Waals surface area contributed by atoms with Crippen LogP contribution in [0.4, 0.5) is 4.39 Å². The number of benzene rings is 1. The Morgan fingerprint density at radius 3 is 2.93 bits per heavy atom. The molecule has 1 N–H and O–H groups in total. The average Bonchev–Trinajstić information content (AvgIpc) is 2.70. The lowest BCUT2D eigenvalue weighted by molar-refractivity contribution is 0.285. The second-order valence-electron chi connectivity index (χ2n) is 2.91. The predicted octanol–water partition coefficient (Wildman–Crippen LogP) is 3.20. The standard InChI is InChI=1S/C10H7BrFNOS/c11-6-1-2-9(12)8(3-6)10-13-4-7(5-14)15-10/h1-4,14H,5H2. The Bertz CT molecular complexity index is 486. The summed E-state index contributed by atoms with van der Waals surface area (Å²) < 4.78 is 14.3. The first-order valence-electron chi connectivity index (χ1n) is 4.21. The van der Waals surface area contributed by atoms with E-state index in [0.29, 0.717) is 10.6 Å². The zero-order chi connectivity index (χ0) is 10.8. The Hall–Kier alpha value is -0.780. The third kappa shape index (κ3) is 2.25. The molecular formula is C10H7BrFNOS. The van der Waals surface area contributed by atoms with Crippen molar-refractivity contribution in [2.75, 3.05) is 0 Å². The zero-order valence-corrected chi connectivity index (χ0v) is 9.98. The molecule has 2 rings (SSSR count). The minimum atomic E-state index is -0.308. The fourth-order valence-electron chi connectivity index (χ4n) is 1.17. The maximum absolute atomic E-state index is 13.5. The van der Waals surface area contributed by atoms with Crippen molar-refractivity contribution in [3.8, 4) is 10.6 Å². The third-order valence-electron chi connectivity index (χ3n) is 1.87. The maximum atomic E-state index is 13.5. The lowest BCUT2D eigenvalue weighted by Crippen LogP contribution is -1.82. The molecule has 0 saturated carbocycles. The number of nitrogens with zero attached hydrogens (tertiary/aromatic N) is 1. The molecular weight excluding hydrogens is 281 g/mol. The van der Waals surface area contributed by atoms with E-state index in [4.69, 9.17) is 5.11 Å². The van der Waals surface area contributed by atoms with Gasteiger partial charge in [-0.2, -0.15) is 0 Å². The van der Waals surface area contributed by atoms with Gasteiger partial charge in [-0.1, -0.05) is 15.9 Å². The van der Waals surface area contributed by atoms with Gasteiger partial charge >= 0.3 is 0 Å². The van der Waals surface area contributed by atoms with E-state index in [1.165, 1.54) is 17.4 Å². The summed E-state index contributed by atoms with van der Waals surface area (Å²) in [5, 5.41) is 9.47.